The summed E-state index contributed by atoms with van der Waals surface area (Å²) in [6.45, 7) is 0. The Kier molecular flexibility index (Phi) is 2.87. The maximum absolute atomic E-state index is 11.5. The smallest absolute Gasteiger partial charge is 0.176 e. The molecule has 8 heteroatoms. The lowest BCUT2D eigenvalue weighted by Crippen LogP contribution is -1.99. The summed E-state index contributed by atoms with van der Waals surface area (Å²) in [5.74, 6) is 0. The van der Waals surface area contributed by atoms with Gasteiger partial charge in [0.05, 0.1) is 21.1 Å². The third-order valence-electron chi connectivity index (χ3n) is 1.80. The Morgan fingerprint density at radius 3 is 2.47 bits per heavy atom. The Morgan fingerprint density at radius 1 is 1.27 bits per heavy atom. The van der Waals surface area contributed by atoms with Crippen molar-refractivity contribution >= 4 is 64.5 Å². The van der Waals surface area contributed by atoms with Crippen LogP contribution in [0.3, 0.4) is 0 Å². The fraction of sp³-hybridized carbons (Fsp3) is 0.143. The topological polar surface area (TPSA) is 59.9 Å². The van der Waals surface area contributed by atoms with Crippen molar-refractivity contribution in [3.8, 4) is 0 Å². The second-order valence-electron chi connectivity index (χ2n) is 2.90. The van der Waals surface area contributed by atoms with Gasteiger partial charge in [0, 0.05) is 10.7 Å². The van der Waals surface area contributed by atoms with Crippen LogP contribution in [0.2, 0.25) is 0 Å². The third-order valence-corrected chi connectivity index (χ3v) is 5.12. The lowest BCUT2D eigenvalue weighted by atomic mass is 10.3. The van der Waals surface area contributed by atoms with Gasteiger partial charge in [0.25, 0.3) is 0 Å². The first kappa shape index (κ1) is 11.4. The van der Waals surface area contributed by atoms with E-state index >= 15 is 0 Å². The summed E-state index contributed by atoms with van der Waals surface area (Å²) in [7, 11) is -3.27. The van der Waals surface area contributed by atoms with Crippen LogP contribution in [0.5, 0.6) is 0 Å². The fourth-order valence-electron chi connectivity index (χ4n) is 1.12. The Balaban J connectivity index is 2.95. The van der Waals surface area contributed by atoms with Crippen LogP contribution in [0.25, 0.3) is 11.0 Å². The Hall–Kier alpha value is -0.0500. The molecule has 0 aliphatic carbocycles. The molecule has 80 valence electrons. The molecule has 1 aromatic heterocycles. The molecule has 0 fully saturated rings. The predicted octanol–water partition coefficient (Wildman–Crippen LogP) is 2.62. The molecule has 0 bridgehead atoms. The molecule has 0 amide bonds. The molecule has 0 saturated carbocycles. The number of sulfone groups is 1. The normalized spacial score (nSPS) is 12.2. The van der Waals surface area contributed by atoms with Gasteiger partial charge in [-0.1, -0.05) is 0 Å². The maximum atomic E-state index is 11.5. The van der Waals surface area contributed by atoms with Crippen LogP contribution in [0, 0.1) is 0 Å². The van der Waals surface area contributed by atoms with Crippen molar-refractivity contribution in [2.45, 2.75) is 4.90 Å². The summed E-state index contributed by atoms with van der Waals surface area (Å²) in [6, 6.07) is 1.53. The van der Waals surface area contributed by atoms with Crippen LogP contribution in [-0.2, 0) is 9.84 Å². The summed E-state index contributed by atoms with van der Waals surface area (Å²) in [5.41, 5.74) is 1.23. The molecule has 0 saturated heterocycles. The number of halogens is 2. The van der Waals surface area contributed by atoms with Crippen molar-refractivity contribution in [3.63, 3.8) is 0 Å². The van der Waals surface area contributed by atoms with E-state index in [2.05, 4.69) is 40.6 Å². The highest BCUT2D eigenvalue weighted by Gasteiger charge is 2.18. The summed E-state index contributed by atoms with van der Waals surface area (Å²) < 4.78 is 32.2. The molecule has 0 atom stereocenters. The van der Waals surface area contributed by atoms with Gasteiger partial charge in [-0.25, -0.2) is 8.42 Å². The molecule has 0 radical (unpaired) electrons. The fourth-order valence-corrected chi connectivity index (χ4v) is 4.61. The van der Waals surface area contributed by atoms with Gasteiger partial charge in [0.1, 0.15) is 11.0 Å². The summed E-state index contributed by atoms with van der Waals surface area (Å²) in [4.78, 5) is 0.217. The van der Waals surface area contributed by atoms with Crippen molar-refractivity contribution in [1.82, 2.24) is 8.75 Å². The molecule has 0 aliphatic rings. The average Bonchev–Trinajstić information content (AvgIpc) is 2.58. The Morgan fingerprint density at radius 2 is 1.87 bits per heavy atom. The van der Waals surface area contributed by atoms with E-state index in [4.69, 9.17) is 0 Å². The van der Waals surface area contributed by atoms with Gasteiger partial charge in [-0.3, -0.25) is 0 Å². The van der Waals surface area contributed by atoms with Gasteiger partial charge in [-0.15, -0.1) is 0 Å². The van der Waals surface area contributed by atoms with Crippen LogP contribution < -0.4 is 0 Å². The molecule has 1 aromatic carbocycles. The van der Waals surface area contributed by atoms with E-state index in [0.717, 1.165) is 18.0 Å². The highest BCUT2D eigenvalue weighted by molar-refractivity contribution is 9.11. The number of fused-ring (bicyclic) bond motifs is 1. The molecule has 0 unspecified atom stereocenters. The first-order chi connectivity index (χ1) is 6.91. The van der Waals surface area contributed by atoms with Crippen LogP contribution in [0.4, 0.5) is 0 Å². The van der Waals surface area contributed by atoms with Gasteiger partial charge in [0.15, 0.2) is 9.84 Å². The lowest BCUT2D eigenvalue weighted by molar-refractivity contribution is 0.601. The summed E-state index contributed by atoms with van der Waals surface area (Å²) >= 11 is 7.55. The highest BCUT2D eigenvalue weighted by atomic mass is 79.9. The van der Waals surface area contributed by atoms with Crippen LogP contribution in [-0.4, -0.2) is 23.4 Å². The molecular weight excluding hydrogens is 368 g/mol. The Labute approximate surface area is 107 Å². The van der Waals surface area contributed by atoms with Crippen molar-refractivity contribution in [2.24, 2.45) is 0 Å². The van der Waals surface area contributed by atoms with Crippen molar-refractivity contribution < 1.29 is 8.42 Å². The maximum Gasteiger partial charge on any atom is 0.176 e. The first-order valence-corrected chi connectivity index (χ1v) is 7.92. The zero-order valence-electron chi connectivity index (χ0n) is 7.36. The summed E-state index contributed by atoms with van der Waals surface area (Å²) in [5, 5.41) is 0. The van der Waals surface area contributed by atoms with E-state index in [1.807, 2.05) is 0 Å². The molecule has 0 N–H and O–H groups in total. The van der Waals surface area contributed by atoms with Crippen molar-refractivity contribution in [3.05, 3.63) is 15.0 Å². The number of hydrogen-bond donors (Lipinski definition) is 0. The minimum Gasteiger partial charge on any atom is -0.224 e. The quantitative estimate of drug-likeness (QED) is 0.773. The molecule has 2 rings (SSSR count). The van der Waals surface area contributed by atoms with Gasteiger partial charge >= 0.3 is 0 Å². The van der Waals surface area contributed by atoms with Gasteiger partial charge in [-0.05, 0) is 37.9 Å². The third kappa shape index (κ3) is 1.95. The molecule has 2 aromatic rings. The number of hydrogen-bond acceptors (Lipinski definition) is 5. The van der Waals surface area contributed by atoms with Gasteiger partial charge in [-0.2, -0.15) is 8.75 Å². The van der Waals surface area contributed by atoms with Crippen LogP contribution >= 0.6 is 43.6 Å². The number of aromatic nitrogens is 2. The highest BCUT2D eigenvalue weighted by Crippen LogP contribution is 2.34. The zero-order chi connectivity index (χ0) is 11.2. The van der Waals surface area contributed by atoms with E-state index in [9.17, 15) is 8.42 Å². The van der Waals surface area contributed by atoms with E-state index in [1.165, 1.54) is 6.07 Å². The Bertz CT molecular complexity index is 636. The first-order valence-electron chi connectivity index (χ1n) is 3.71. The molecule has 4 nitrogen and oxygen atoms in total. The molecule has 1 heterocycles. The lowest BCUT2D eigenvalue weighted by Gasteiger charge is -2.03. The largest absolute Gasteiger partial charge is 0.224 e. The second-order valence-corrected chi connectivity index (χ2v) is 7.06. The second kappa shape index (κ2) is 3.76. The molecule has 0 spiro atoms. The number of rotatable bonds is 1. The van der Waals surface area contributed by atoms with Crippen LogP contribution in [0.1, 0.15) is 0 Å². The van der Waals surface area contributed by atoms with E-state index in [1.54, 1.807) is 0 Å². The molecular formula is C7H4Br2N2O2S2. The van der Waals surface area contributed by atoms with Crippen molar-refractivity contribution in [2.75, 3.05) is 6.26 Å². The number of nitrogens with zero attached hydrogens (tertiary/aromatic N) is 2. The van der Waals surface area contributed by atoms with Gasteiger partial charge in [0.2, 0.25) is 0 Å². The van der Waals surface area contributed by atoms with E-state index in [0.29, 0.717) is 20.0 Å². The molecule has 15 heavy (non-hydrogen) atoms. The molecule has 0 aliphatic heterocycles. The minimum absolute atomic E-state index is 0.217. The minimum atomic E-state index is -3.27. The van der Waals surface area contributed by atoms with E-state index in [-0.39, 0.29) is 4.90 Å². The standard InChI is InChI=1S/C7H4Br2N2O2S2/c1-15(12,13)4-2-3(8)6-7(5(4)9)11-14-10-6/h2H,1H3. The average molecular weight is 372 g/mol. The van der Waals surface area contributed by atoms with Crippen LogP contribution in [0.15, 0.2) is 19.9 Å². The number of benzene rings is 1. The predicted molar refractivity (Wildman–Crippen MR) is 65.9 cm³/mol. The van der Waals surface area contributed by atoms with Gasteiger partial charge < -0.3 is 0 Å². The van der Waals surface area contributed by atoms with Crippen molar-refractivity contribution in [1.29, 1.82) is 0 Å². The van der Waals surface area contributed by atoms with E-state index < -0.39 is 9.84 Å². The summed E-state index contributed by atoms with van der Waals surface area (Å²) in [6.07, 6.45) is 1.16. The zero-order valence-corrected chi connectivity index (χ0v) is 12.2. The SMILES string of the molecule is CS(=O)(=O)c1cc(Br)c2nsnc2c1Br. The monoisotopic (exact) mass is 370 g/mol.